The van der Waals surface area contributed by atoms with Crippen molar-refractivity contribution in [3.63, 3.8) is 0 Å². The molecule has 0 aliphatic rings. The molecule has 0 saturated carbocycles. The van der Waals surface area contributed by atoms with E-state index in [4.69, 9.17) is 14.0 Å². The molecule has 0 radical (unpaired) electrons. The second-order valence-electron chi connectivity index (χ2n) is 10.4. The minimum atomic E-state index is -0.211. The Labute approximate surface area is 259 Å². The van der Waals surface area contributed by atoms with Crippen LogP contribution in [0.4, 0.5) is 0 Å². The molecule has 0 aliphatic carbocycles. The van der Waals surface area contributed by atoms with Crippen molar-refractivity contribution >= 4 is 35.7 Å². The minimum Gasteiger partial charge on any atom is -0.489 e. The van der Waals surface area contributed by atoms with Crippen LogP contribution in [0.15, 0.2) is 158 Å². The topological polar surface area (TPSA) is 53.5 Å². The number of hydrogen-bond donors (Lipinski definition) is 0. The molecular formula is C37H32B2N2O3. The van der Waals surface area contributed by atoms with Gasteiger partial charge in [0.05, 0.1) is 24.6 Å². The van der Waals surface area contributed by atoms with E-state index in [0.717, 1.165) is 44.6 Å². The van der Waals surface area contributed by atoms with Gasteiger partial charge in [-0.3, -0.25) is 9.97 Å². The molecule has 0 fully saturated rings. The van der Waals surface area contributed by atoms with Gasteiger partial charge < -0.3 is 14.0 Å². The Morgan fingerprint density at radius 2 is 0.841 bits per heavy atom. The van der Waals surface area contributed by atoms with Crippen LogP contribution in [-0.4, -0.2) is 23.8 Å². The molecule has 7 heteroatoms. The number of pyridine rings is 2. The van der Waals surface area contributed by atoms with E-state index in [2.05, 4.69) is 70.6 Å². The van der Waals surface area contributed by atoms with E-state index in [1.807, 2.05) is 84.9 Å². The van der Waals surface area contributed by atoms with Crippen molar-refractivity contribution < 1.29 is 14.0 Å². The molecule has 5 nitrogen and oxygen atoms in total. The van der Waals surface area contributed by atoms with Crippen molar-refractivity contribution in [3.05, 3.63) is 175 Å². The Morgan fingerprint density at radius 3 is 1.30 bits per heavy atom. The van der Waals surface area contributed by atoms with E-state index < -0.39 is 0 Å². The van der Waals surface area contributed by atoms with Gasteiger partial charge in [0.2, 0.25) is 0 Å². The van der Waals surface area contributed by atoms with Gasteiger partial charge in [-0.15, -0.1) is 0 Å². The summed E-state index contributed by atoms with van der Waals surface area (Å²) in [6.07, 6.45) is 3.58. The fraction of sp³-hybridized carbons (Fsp3) is 0.0811. The highest BCUT2D eigenvalue weighted by atomic mass is 16.5. The second-order valence-corrected chi connectivity index (χ2v) is 10.4. The molecule has 0 N–H and O–H groups in total. The third kappa shape index (κ3) is 7.90. The van der Waals surface area contributed by atoms with E-state index >= 15 is 0 Å². The third-order valence-electron chi connectivity index (χ3n) is 7.32. The SMILES string of the molecule is c1ccc(B(OCc2ccccn2)c2ccc(COc3ccc(B(OCc4ccccn4)c4ccccc4)cc3)cc2)cc1. The summed E-state index contributed by atoms with van der Waals surface area (Å²) in [4.78, 5) is 8.81. The number of nitrogens with zero attached hydrogens (tertiary/aromatic N) is 2. The predicted octanol–water partition coefficient (Wildman–Crippen LogP) is 4.70. The van der Waals surface area contributed by atoms with Crippen LogP contribution in [0.1, 0.15) is 17.0 Å². The lowest BCUT2D eigenvalue weighted by molar-refractivity contribution is 0.306. The lowest BCUT2D eigenvalue weighted by atomic mass is 9.55. The maximum absolute atomic E-state index is 6.37. The zero-order valence-electron chi connectivity index (χ0n) is 24.4. The molecule has 0 aliphatic heterocycles. The van der Waals surface area contributed by atoms with Crippen molar-refractivity contribution in [1.82, 2.24) is 9.97 Å². The standard InChI is InChI=1S/C37H32B2N2O3/c1-3-11-31(12-4-1)38(43-28-35-15-7-9-25-40-35)33-19-17-30(18-20-33)27-42-37-23-21-34(22-24-37)39(32-13-5-2-6-14-32)44-29-36-16-8-10-26-41-36/h1-26H,27-29H2. The molecule has 2 aromatic heterocycles. The lowest BCUT2D eigenvalue weighted by Crippen LogP contribution is -2.44. The van der Waals surface area contributed by atoms with Gasteiger partial charge in [-0.1, -0.05) is 109 Å². The molecule has 0 spiro atoms. The van der Waals surface area contributed by atoms with E-state index in [1.54, 1.807) is 12.4 Å². The fourth-order valence-electron chi connectivity index (χ4n) is 5.02. The molecule has 2 heterocycles. The smallest absolute Gasteiger partial charge is 0.361 e. The molecule has 0 unspecified atom stereocenters. The first kappa shape index (κ1) is 29.1. The van der Waals surface area contributed by atoms with Crippen LogP contribution in [0.2, 0.25) is 0 Å². The monoisotopic (exact) mass is 574 g/mol. The Balaban J connectivity index is 1.10. The summed E-state index contributed by atoms with van der Waals surface area (Å²) in [6.45, 7) is 0.910. The summed E-state index contributed by atoms with van der Waals surface area (Å²) >= 11 is 0. The number of benzene rings is 4. The van der Waals surface area contributed by atoms with Crippen LogP contribution < -0.4 is 26.6 Å². The Bertz CT molecular complexity index is 1560. The quantitative estimate of drug-likeness (QED) is 0.187. The van der Waals surface area contributed by atoms with Gasteiger partial charge in [0.25, 0.3) is 0 Å². The van der Waals surface area contributed by atoms with Gasteiger partial charge in [-0.25, -0.2) is 0 Å². The summed E-state index contributed by atoms with van der Waals surface area (Å²) in [5.41, 5.74) is 7.21. The first-order valence-corrected chi connectivity index (χ1v) is 14.8. The predicted molar refractivity (Wildman–Crippen MR) is 178 cm³/mol. The van der Waals surface area contributed by atoms with Crippen LogP contribution >= 0.6 is 0 Å². The van der Waals surface area contributed by atoms with Crippen molar-refractivity contribution in [3.8, 4) is 5.75 Å². The van der Waals surface area contributed by atoms with E-state index in [-0.39, 0.29) is 13.8 Å². The van der Waals surface area contributed by atoms with Gasteiger partial charge >= 0.3 is 13.8 Å². The highest BCUT2D eigenvalue weighted by Crippen LogP contribution is 2.12. The molecule has 4 aromatic carbocycles. The maximum atomic E-state index is 6.37. The Kier molecular flexibility index (Phi) is 9.90. The number of aromatic nitrogens is 2. The molecule has 0 amide bonds. The molecule has 0 bridgehead atoms. The zero-order chi connectivity index (χ0) is 29.8. The van der Waals surface area contributed by atoms with E-state index in [0.29, 0.717) is 19.8 Å². The van der Waals surface area contributed by atoms with Crippen LogP contribution in [-0.2, 0) is 29.1 Å². The Hall–Kier alpha value is -4.97. The second kappa shape index (κ2) is 15.0. The van der Waals surface area contributed by atoms with Crippen LogP contribution in [0.3, 0.4) is 0 Å². The molecule has 214 valence electrons. The van der Waals surface area contributed by atoms with Crippen LogP contribution in [0.25, 0.3) is 0 Å². The first-order valence-electron chi connectivity index (χ1n) is 14.8. The molecule has 0 saturated heterocycles. The van der Waals surface area contributed by atoms with E-state index in [1.165, 1.54) is 0 Å². The molecule has 6 aromatic rings. The minimum absolute atomic E-state index is 0.196. The first-order chi connectivity index (χ1) is 21.8. The summed E-state index contributed by atoms with van der Waals surface area (Å²) < 4.78 is 18.9. The maximum Gasteiger partial charge on any atom is 0.361 e. The van der Waals surface area contributed by atoms with E-state index in [9.17, 15) is 0 Å². The van der Waals surface area contributed by atoms with Crippen molar-refractivity contribution in [1.29, 1.82) is 0 Å². The fourth-order valence-corrected chi connectivity index (χ4v) is 5.02. The van der Waals surface area contributed by atoms with Gasteiger partial charge in [-0.2, -0.15) is 0 Å². The number of hydrogen-bond acceptors (Lipinski definition) is 5. The number of ether oxygens (including phenoxy) is 1. The molecular weight excluding hydrogens is 542 g/mol. The molecule has 6 rings (SSSR count). The van der Waals surface area contributed by atoms with Crippen LogP contribution in [0.5, 0.6) is 5.75 Å². The highest BCUT2D eigenvalue weighted by Gasteiger charge is 2.23. The highest BCUT2D eigenvalue weighted by molar-refractivity contribution is 6.80. The van der Waals surface area contributed by atoms with Crippen LogP contribution in [0, 0.1) is 0 Å². The molecule has 0 atom stereocenters. The van der Waals surface area contributed by atoms with Gasteiger partial charge in [-0.05, 0) is 63.8 Å². The normalized spacial score (nSPS) is 10.7. The summed E-state index contributed by atoms with van der Waals surface area (Å²) in [7, 11) is 0. The average Bonchev–Trinajstić information content (AvgIpc) is 3.10. The molecule has 44 heavy (non-hydrogen) atoms. The summed E-state index contributed by atoms with van der Waals surface area (Å²) in [5.74, 6) is 0.801. The lowest BCUT2D eigenvalue weighted by Gasteiger charge is -2.16. The largest absolute Gasteiger partial charge is 0.489 e. The third-order valence-corrected chi connectivity index (χ3v) is 7.32. The van der Waals surface area contributed by atoms with Gasteiger partial charge in [0.15, 0.2) is 0 Å². The van der Waals surface area contributed by atoms with Crippen molar-refractivity contribution in [2.24, 2.45) is 0 Å². The summed E-state index contributed by atoms with van der Waals surface area (Å²) in [6, 6.07) is 48.8. The zero-order valence-corrected chi connectivity index (χ0v) is 24.4. The Morgan fingerprint density at radius 1 is 0.409 bits per heavy atom. The number of rotatable bonds is 13. The van der Waals surface area contributed by atoms with Gasteiger partial charge in [0, 0.05) is 12.4 Å². The summed E-state index contributed by atoms with van der Waals surface area (Å²) in [5, 5.41) is 0. The van der Waals surface area contributed by atoms with Crippen molar-refractivity contribution in [2.75, 3.05) is 0 Å². The average molecular weight is 574 g/mol. The van der Waals surface area contributed by atoms with Crippen molar-refractivity contribution in [2.45, 2.75) is 19.8 Å². The van der Waals surface area contributed by atoms with Gasteiger partial charge in [0.1, 0.15) is 12.4 Å².